The summed E-state index contributed by atoms with van der Waals surface area (Å²) in [6.07, 6.45) is 4.94. The van der Waals surface area contributed by atoms with E-state index >= 15 is 0 Å². The van der Waals surface area contributed by atoms with E-state index in [1.165, 1.54) is 6.26 Å². The predicted octanol–water partition coefficient (Wildman–Crippen LogP) is 1.63. The van der Waals surface area contributed by atoms with Crippen LogP contribution < -0.4 is 0 Å². The Morgan fingerprint density at radius 1 is 1.78 bits per heavy atom. The van der Waals surface area contributed by atoms with Gasteiger partial charge in [-0.3, -0.25) is 8.99 Å². The third kappa shape index (κ3) is 7.69. The molecule has 0 aliphatic carbocycles. The molecule has 0 aliphatic heterocycles. The molecule has 0 rings (SSSR count). The van der Waals surface area contributed by atoms with Gasteiger partial charge in [-0.15, -0.1) is 6.58 Å². The summed E-state index contributed by atoms with van der Waals surface area (Å²) in [5.74, 6) is 0.499. The van der Waals surface area contributed by atoms with Crippen molar-refractivity contribution in [3.05, 3.63) is 12.7 Å². The summed E-state index contributed by atoms with van der Waals surface area (Å²) in [7, 11) is -2.24. The van der Waals surface area contributed by atoms with Crippen LogP contribution in [0.25, 0.3) is 0 Å². The lowest BCUT2D eigenvalue weighted by molar-refractivity contribution is 0.676. The Hall–Kier alpha value is -0.310. The first-order chi connectivity index (χ1) is 4.06. The summed E-state index contributed by atoms with van der Waals surface area (Å²) < 4.78 is 17.7. The van der Waals surface area contributed by atoms with Gasteiger partial charge in [-0.25, -0.2) is 0 Å². The lowest BCUT2D eigenvalue weighted by atomic mass is 10.3. The van der Waals surface area contributed by atoms with Gasteiger partial charge in [0.1, 0.15) is 0 Å². The second kappa shape index (κ2) is 3.67. The van der Waals surface area contributed by atoms with Gasteiger partial charge in [0.2, 0.25) is 0 Å². The molecule has 1 N–H and O–H groups in total. The van der Waals surface area contributed by atoms with Crippen LogP contribution in [0.5, 0.6) is 0 Å². The molecule has 0 aliphatic rings. The van der Waals surface area contributed by atoms with Crippen molar-refractivity contribution in [3.8, 4) is 0 Å². The fourth-order valence-electron chi connectivity index (χ4n) is 0.503. The summed E-state index contributed by atoms with van der Waals surface area (Å²) in [4.78, 5) is 0. The minimum atomic E-state index is -2.24. The maximum atomic E-state index is 10.7. The van der Waals surface area contributed by atoms with Gasteiger partial charge in [0.15, 0.2) is 0 Å². The van der Waals surface area contributed by atoms with E-state index in [0.29, 0.717) is 5.75 Å². The third-order valence-electron chi connectivity index (χ3n) is 0.942. The molecule has 0 radical (unpaired) electrons. The first kappa shape index (κ1) is 8.69. The van der Waals surface area contributed by atoms with E-state index in [1.807, 2.05) is 0 Å². The Bertz CT molecular complexity index is 169. The van der Waals surface area contributed by atoms with E-state index < -0.39 is 9.73 Å². The second-order valence-corrected chi connectivity index (χ2v) is 4.56. The van der Waals surface area contributed by atoms with Crippen LogP contribution in [-0.4, -0.2) is 16.2 Å². The van der Waals surface area contributed by atoms with Crippen molar-refractivity contribution in [2.45, 2.75) is 12.8 Å². The normalized spacial score (nSPS) is 16.6. The number of rotatable bonds is 4. The molecule has 0 aromatic rings. The van der Waals surface area contributed by atoms with Gasteiger partial charge in [-0.05, 0) is 12.8 Å². The van der Waals surface area contributed by atoms with Crippen molar-refractivity contribution in [1.29, 1.82) is 4.78 Å². The molecular formula is C6H13NOS. The maximum absolute atomic E-state index is 10.7. The van der Waals surface area contributed by atoms with Crippen LogP contribution in [0, 0.1) is 4.78 Å². The molecular weight excluding hydrogens is 134 g/mol. The lowest BCUT2D eigenvalue weighted by Crippen LogP contribution is -1.99. The van der Waals surface area contributed by atoms with Gasteiger partial charge < -0.3 is 0 Å². The zero-order chi connectivity index (χ0) is 7.33. The van der Waals surface area contributed by atoms with Crippen LogP contribution >= 0.6 is 0 Å². The summed E-state index contributed by atoms with van der Waals surface area (Å²) >= 11 is 0. The fraction of sp³-hybridized carbons (Fsp3) is 0.667. The highest BCUT2D eigenvalue weighted by molar-refractivity contribution is 7.91. The first-order valence-corrected chi connectivity index (χ1v) is 5.02. The van der Waals surface area contributed by atoms with Crippen molar-refractivity contribution >= 4 is 9.73 Å². The number of hydrogen-bond donors (Lipinski definition) is 1. The van der Waals surface area contributed by atoms with Crippen molar-refractivity contribution < 1.29 is 4.21 Å². The van der Waals surface area contributed by atoms with Crippen LogP contribution in [0.3, 0.4) is 0 Å². The van der Waals surface area contributed by atoms with E-state index in [0.717, 1.165) is 12.8 Å². The topological polar surface area (TPSA) is 40.9 Å². The molecule has 2 nitrogen and oxygen atoms in total. The van der Waals surface area contributed by atoms with Crippen LogP contribution in [0.2, 0.25) is 0 Å². The average Bonchev–Trinajstić information content (AvgIpc) is 1.63. The highest BCUT2D eigenvalue weighted by Crippen LogP contribution is 1.94. The Morgan fingerprint density at radius 3 is 2.67 bits per heavy atom. The Kier molecular flexibility index (Phi) is 3.54. The third-order valence-corrected chi connectivity index (χ3v) is 2.01. The second-order valence-electron chi connectivity index (χ2n) is 2.14. The van der Waals surface area contributed by atoms with Crippen molar-refractivity contribution in [2.75, 3.05) is 12.0 Å². The standard InChI is InChI=1S/C6H13NOS/c1-3-4-5-6-9(2,7)8/h3,7H,1,4-6H2,2H3. The molecule has 1 atom stereocenters. The van der Waals surface area contributed by atoms with Crippen molar-refractivity contribution in [2.24, 2.45) is 0 Å². The number of allylic oxidation sites excluding steroid dienone is 1. The van der Waals surface area contributed by atoms with Crippen LogP contribution in [0.1, 0.15) is 12.8 Å². The quantitative estimate of drug-likeness (QED) is 0.476. The van der Waals surface area contributed by atoms with Crippen LogP contribution in [0.15, 0.2) is 12.7 Å². The average molecular weight is 147 g/mol. The van der Waals surface area contributed by atoms with Crippen LogP contribution in [-0.2, 0) is 9.73 Å². The molecule has 0 saturated carbocycles. The number of hydrogen-bond acceptors (Lipinski definition) is 2. The lowest BCUT2D eigenvalue weighted by Gasteiger charge is -1.95. The summed E-state index contributed by atoms with van der Waals surface area (Å²) in [5, 5.41) is 0. The zero-order valence-electron chi connectivity index (χ0n) is 5.72. The van der Waals surface area contributed by atoms with Crippen molar-refractivity contribution in [3.63, 3.8) is 0 Å². The molecule has 0 spiro atoms. The zero-order valence-corrected chi connectivity index (χ0v) is 6.54. The van der Waals surface area contributed by atoms with Gasteiger partial charge >= 0.3 is 0 Å². The minimum absolute atomic E-state index is 0.499. The summed E-state index contributed by atoms with van der Waals surface area (Å²) in [5.41, 5.74) is 0. The molecule has 0 bridgehead atoms. The molecule has 0 saturated heterocycles. The van der Waals surface area contributed by atoms with Gasteiger partial charge in [0, 0.05) is 21.7 Å². The van der Waals surface area contributed by atoms with Gasteiger partial charge in [-0.1, -0.05) is 6.08 Å². The summed E-state index contributed by atoms with van der Waals surface area (Å²) in [6, 6.07) is 0. The van der Waals surface area contributed by atoms with E-state index in [-0.39, 0.29) is 0 Å². The van der Waals surface area contributed by atoms with Crippen molar-refractivity contribution in [1.82, 2.24) is 0 Å². The van der Waals surface area contributed by atoms with E-state index in [9.17, 15) is 4.21 Å². The molecule has 0 amide bonds. The minimum Gasteiger partial charge on any atom is -0.253 e. The molecule has 1 unspecified atom stereocenters. The molecule has 0 aromatic heterocycles. The van der Waals surface area contributed by atoms with Crippen LogP contribution in [0.4, 0.5) is 0 Å². The smallest absolute Gasteiger partial charge is 0.0412 e. The van der Waals surface area contributed by atoms with Gasteiger partial charge in [-0.2, -0.15) is 0 Å². The number of nitrogens with one attached hydrogen (secondary N) is 1. The fourth-order valence-corrected chi connectivity index (χ4v) is 1.22. The van der Waals surface area contributed by atoms with Gasteiger partial charge in [0.25, 0.3) is 0 Å². The summed E-state index contributed by atoms with van der Waals surface area (Å²) in [6.45, 7) is 3.53. The van der Waals surface area contributed by atoms with E-state index in [2.05, 4.69) is 6.58 Å². The molecule has 54 valence electrons. The maximum Gasteiger partial charge on any atom is 0.0412 e. The number of unbranched alkanes of at least 4 members (excludes halogenated alkanes) is 1. The molecule has 3 heteroatoms. The monoisotopic (exact) mass is 147 g/mol. The van der Waals surface area contributed by atoms with E-state index in [4.69, 9.17) is 4.78 Å². The molecule has 0 heterocycles. The predicted molar refractivity (Wildman–Crippen MR) is 41.1 cm³/mol. The molecule has 0 aromatic carbocycles. The van der Waals surface area contributed by atoms with Gasteiger partial charge in [0.05, 0.1) is 0 Å². The van der Waals surface area contributed by atoms with E-state index in [1.54, 1.807) is 6.08 Å². The molecule has 0 fully saturated rings. The SMILES string of the molecule is C=CCCCS(C)(=N)=O. The Morgan fingerprint density at radius 2 is 2.33 bits per heavy atom. The highest BCUT2D eigenvalue weighted by Gasteiger charge is 1.93. The first-order valence-electron chi connectivity index (χ1n) is 2.88. The Labute approximate surface area is 56.9 Å². The largest absolute Gasteiger partial charge is 0.253 e. The Balaban J connectivity index is 3.40. The highest BCUT2D eigenvalue weighted by atomic mass is 32.2. The molecule has 9 heavy (non-hydrogen) atoms.